The second kappa shape index (κ2) is 7.79. The van der Waals surface area contributed by atoms with Gasteiger partial charge >= 0.3 is 5.69 Å². The number of aryl methyl sites for hydroxylation is 2. The number of carbonyl (C=O) groups is 1. The lowest BCUT2D eigenvalue weighted by atomic mass is 10.1. The van der Waals surface area contributed by atoms with E-state index in [0.717, 1.165) is 22.4 Å². The number of hydrogen-bond donors (Lipinski definition) is 1. The molecule has 7 nitrogen and oxygen atoms in total. The van der Waals surface area contributed by atoms with Crippen molar-refractivity contribution in [2.24, 2.45) is 7.05 Å². The van der Waals surface area contributed by atoms with Crippen LogP contribution in [-0.4, -0.2) is 24.6 Å². The van der Waals surface area contributed by atoms with Crippen molar-refractivity contribution in [3.05, 3.63) is 88.9 Å². The Labute approximate surface area is 168 Å². The number of rotatable bonds is 6. The standard InChI is InChI=1S/C22H23N5O2/c1-3-26-17-11-7-8-12-18(17)27(22(26)29)15-19(28)24-20(16-9-5-4-6-10-16)21-23-13-14-25(21)2/h4-14,20H,3,15H2,1-2H3,(H,24,28). The maximum atomic E-state index is 13.0. The zero-order valence-electron chi connectivity index (χ0n) is 16.4. The van der Waals surface area contributed by atoms with E-state index in [0.29, 0.717) is 6.54 Å². The van der Waals surface area contributed by atoms with Gasteiger partial charge in [-0.3, -0.25) is 13.9 Å². The number of nitrogens with one attached hydrogen (secondary N) is 1. The normalized spacial score (nSPS) is 12.2. The molecule has 0 fully saturated rings. The van der Waals surface area contributed by atoms with Crippen molar-refractivity contribution in [2.75, 3.05) is 0 Å². The summed E-state index contributed by atoms with van der Waals surface area (Å²) in [6.45, 7) is 2.42. The van der Waals surface area contributed by atoms with Gasteiger partial charge in [0.05, 0.1) is 11.0 Å². The van der Waals surface area contributed by atoms with Crippen LogP contribution in [-0.2, 0) is 24.9 Å². The van der Waals surface area contributed by atoms with E-state index in [1.165, 1.54) is 4.57 Å². The number of imidazole rings is 2. The number of benzene rings is 2. The molecule has 2 heterocycles. The summed E-state index contributed by atoms with van der Waals surface area (Å²) in [4.78, 5) is 30.2. The van der Waals surface area contributed by atoms with E-state index < -0.39 is 6.04 Å². The maximum Gasteiger partial charge on any atom is 0.329 e. The highest BCUT2D eigenvalue weighted by atomic mass is 16.2. The summed E-state index contributed by atoms with van der Waals surface area (Å²) < 4.78 is 5.08. The number of para-hydroxylation sites is 2. The van der Waals surface area contributed by atoms with Gasteiger partial charge in [0.25, 0.3) is 0 Å². The Morgan fingerprint density at radius 3 is 2.31 bits per heavy atom. The third kappa shape index (κ3) is 3.47. The second-order valence-corrected chi connectivity index (χ2v) is 6.91. The Balaban J connectivity index is 1.67. The minimum Gasteiger partial charge on any atom is -0.341 e. The number of hydrogen-bond acceptors (Lipinski definition) is 3. The van der Waals surface area contributed by atoms with Crippen LogP contribution < -0.4 is 11.0 Å². The zero-order valence-corrected chi connectivity index (χ0v) is 16.4. The largest absolute Gasteiger partial charge is 0.341 e. The predicted molar refractivity (Wildman–Crippen MR) is 112 cm³/mol. The smallest absolute Gasteiger partial charge is 0.329 e. The minimum absolute atomic E-state index is 0.0555. The van der Waals surface area contributed by atoms with Crippen molar-refractivity contribution < 1.29 is 4.79 Å². The lowest BCUT2D eigenvalue weighted by molar-refractivity contribution is -0.122. The molecule has 148 valence electrons. The molecule has 0 aliphatic heterocycles. The molecule has 0 radical (unpaired) electrons. The molecule has 7 heteroatoms. The van der Waals surface area contributed by atoms with Gasteiger partial charge in [-0.25, -0.2) is 9.78 Å². The van der Waals surface area contributed by atoms with Crippen molar-refractivity contribution in [1.82, 2.24) is 24.0 Å². The molecule has 4 aromatic rings. The summed E-state index contributed by atoms with van der Waals surface area (Å²) in [5.41, 5.74) is 2.33. The summed E-state index contributed by atoms with van der Waals surface area (Å²) in [6.07, 6.45) is 3.55. The van der Waals surface area contributed by atoms with Crippen LogP contribution in [0.5, 0.6) is 0 Å². The first-order valence-electron chi connectivity index (χ1n) is 9.59. The molecule has 2 aromatic carbocycles. The zero-order chi connectivity index (χ0) is 20.4. The van der Waals surface area contributed by atoms with E-state index in [-0.39, 0.29) is 18.1 Å². The van der Waals surface area contributed by atoms with Gasteiger partial charge < -0.3 is 9.88 Å². The number of fused-ring (bicyclic) bond motifs is 1. The topological polar surface area (TPSA) is 73.8 Å². The summed E-state index contributed by atoms with van der Waals surface area (Å²) >= 11 is 0. The molecule has 29 heavy (non-hydrogen) atoms. The van der Waals surface area contributed by atoms with Gasteiger partial charge in [0.1, 0.15) is 18.4 Å². The van der Waals surface area contributed by atoms with Gasteiger partial charge in [0.15, 0.2) is 0 Å². The highest BCUT2D eigenvalue weighted by Gasteiger charge is 2.22. The molecule has 0 bridgehead atoms. The Bertz CT molecular complexity index is 1200. The van der Waals surface area contributed by atoms with Gasteiger partial charge in [-0.05, 0) is 24.6 Å². The van der Waals surface area contributed by atoms with Crippen molar-refractivity contribution in [3.63, 3.8) is 0 Å². The summed E-state index contributed by atoms with van der Waals surface area (Å²) in [6, 6.07) is 16.8. The van der Waals surface area contributed by atoms with E-state index >= 15 is 0 Å². The molecule has 0 spiro atoms. The van der Waals surface area contributed by atoms with Crippen LogP contribution in [0.1, 0.15) is 24.4 Å². The van der Waals surface area contributed by atoms with Crippen LogP contribution in [0.2, 0.25) is 0 Å². The van der Waals surface area contributed by atoms with E-state index in [2.05, 4.69) is 10.3 Å². The average Bonchev–Trinajstić information content (AvgIpc) is 3.28. The van der Waals surface area contributed by atoms with Gasteiger partial charge in [-0.15, -0.1) is 0 Å². The highest BCUT2D eigenvalue weighted by Crippen LogP contribution is 2.20. The molecule has 1 unspecified atom stereocenters. The molecule has 0 saturated carbocycles. The van der Waals surface area contributed by atoms with Gasteiger partial charge in [-0.1, -0.05) is 42.5 Å². The fraction of sp³-hybridized carbons (Fsp3) is 0.227. The molecule has 2 aromatic heterocycles. The number of nitrogens with zero attached hydrogens (tertiary/aromatic N) is 4. The summed E-state index contributed by atoms with van der Waals surface area (Å²) in [7, 11) is 1.89. The van der Waals surface area contributed by atoms with Gasteiger partial charge in [-0.2, -0.15) is 0 Å². The van der Waals surface area contributed by atoms with Crippen molar-refractivity contribution in [1.29, 1.82) is 0 Å². The lowest BCUT2D eigenvalue weighted by Gasteiger charge is -2.19. The first kappa shape index (κ1) is 18.7. The number of aromatic nitrogens is 4. The monoisotopic (exact) mass is 389 g/mol. The minimum atomic E-state index is -0.404. The van der Waals surface area contributed by atoms with Gasteiger partial charge in [0.2, 0.25) is 5.91 Å². The Hall–Kier alpha value is -3.61. The van der Waals surface area contributed by atoms with Crippen LogP contribution in [0.3, 0.4) is 0 Å². The maximum absolute atomic E-state index is 13.0. The Kier molecular flexibility index (Phi) is 5.03. The SMILES string of the molecule is CCn1c(=O)n(CC(=O)NC(c2ccccc2)c2nccn2C)c2ccccc21. The van der Waals surface area contributed by atoms with Crippen LogP contribution in [0, 0.1) is 0 Å². The quantitative estimate of drug-likeness (QED) is 0.551. The molecule has 1 N–H and O–H groups in total. The first-order chi connectivity index (χ1) is 14.1. The van der Waals surface area contributed by atoms with Crippen molar-refractivity contribution >= 4 is 16.9 Å². The van der Waals surface area contributed by atoms with Crippen LogP contribution in [0.15, 0.2) is 71.8 Å². The van der Waals surface area contributed by atoms with E-state index in [9.17, 15) is 9.59 Å². The molecule has 1 amide bonds. The molecule has 0 aliphatic rings. The van der Waals surface area contributed by atoms with E-state index in [1.807, 2.05) is 79.3 Å². The number of amides is 1. The van der Waals surface area contributed by atoms with Crippen molar-refractivity contribution in [3.8, 4) is 0 Å². The highest BCUT2D eigenvalue weighted by molar-refractivity contribution is 5.81. The fourth-order valence-corrected chi connectivity index (χ4v) is 3.68. The van der Waals surface area contributed by atoms with E-state index in [1.54, 1.807) is 10.8 Å². The molecular formula is C22H23N5O2. The molecule has 0 aliphatic carbocycles. The Morgan fingerprint density at radius 2 is 1.69 bits per heavy atom. The van der Waals surface area contributed by atoms with Crippen LogP contribution >= 0.6 is 0 Å². The first-order valence-corrected chi connectivity index (χ1v) is 9.59. The predicted octanol–water partition coefficient (Wildman–Crippen LogP) is 2.46. The van der Waals surface area contributed by atoms with E-state index in [4.69, 9.17) is 0 Å². The lowest BCUT2D eigenvalue weighted by Crippen LogP contribution is -2.36. The Morgan fingerprint density at radius 1 is 1.03 bits per heavy atom. The summed E-state index contributed by atoms with van der Waals surface area (Å²) in [5.74, 6) is 0.482. The summed E-state index contributed by atoms with van der Waals surface area (Å²) in [5, 5.41) is 3.05. The molecule has 1 atom stereocenters. The van der Waals surface area contributed by atoms with Crippen molar-refractivity contribution in [2.45, 2.75) is 26.1 Å². The molecule has 4 rings (SSSR count). The van der Waals surface area contributed by atoms with Crippen LogP contribution in [0.4, 0.5) is 0 Å². The third-order valence-corrected chi connectivity index (χ3v) is 5.10. The van der Waals surface area contributed by atoms with Gasteiger partial charge in [0, 0.05) is 26.0 Å². The molecule has 0 saturated heterocycles. The average molecular weight is 389 g/mol. The second-order valence-electron chi connectivity index (χ2n) is 6.91. The van der Waals surface area contributed by atoms with Crippen LogP contribution in [0.25, 0.3) is 11.0 Å². The fourth-order valence-electron chi connectivity index (χ4n) is 3.68. The number of carbonyl (C=O) groups excluding carboxylic acids is 1. The third-order valence-electron chi connectivity index (χ3n) is 5.10. The molecular weight excluding hydrogens is 366 g/mol.